The van der Waals surface area contributed by atoms with Gasteiger partial charge in [-0.3, -0.25) is 4.79 Å². The fraction of sp³-hybridized carbons (Fsp3) is 0.111. The van der Waals surface area contributed by atoms with Crippen LogP contribution in [0, 0.1) is 0 Å². The number of H-pyrrole nitrogens is 1. The third kappa shape index (κ3) is 3.06. The van der Waals surface area contributed by atoms with Gasteiger partial charge in [0.1, 0.15) is 0 Å². The van der Waals surface area contributed by atoms with Gasteiger partial charge in [0.05, 0.1) is 22.2 Å². The van der Waals surface area contributed by atoms with E-state index in [0.29, 0.717) is 11.4 Å². The largest absolute Gasteiger partial charge is 0.493 e. The molecule has 0 saturated heterocycles. The lowest BCUT2D eigenvalue weighted by Gasteiger charge is -2.18. The summed E-state index contributed by atoms with van der Waals surface area (Å²) in [6.45, 7) is 1.93. The number of fused-ring (bicyclic) bond motifs is 1. The van der Waals surface area contributed by atoms with Gasteiger partial charge in [0.15, 0.2) is 5.69 Å². The molecule has 3 aromatic rings. The van der Waals surface area contributed by atoms with Crippen molar-refractivity contribution in [3.63, 3.8) is 0 Å². The van der Waals surface area contributed by atoms with Crippen LogP contribution in [0.25, 0.3) is 10.9 Å². The zero-order valence-electron chi connectivity index (χ0n) is 13.8. The van der Waals surface area contributed by atoms with Gasteiger partial charge in [-0.2, -0.15) is 10.2 Å². The average Bonchev–Trinajstić information content (AvgIpc) is 2.95. The number of benzene rings is 2. The number of aromatic nitrogens is 1. The van der Waals surface area contributed by atoms with Gasteiger partial charge in [0, 0.05) is 5.39 Å². The second-order valence-corrected chi connectivity index (χ2v) is 7.09. The molecule has 130 valence electrons. The highest BCUT2D eigenvalue weighted by Gasteiger charge is 2.23. The molecular formula is C18H15N5O2S. The maximum absolute atomic E-state index is 11.4. The number of nitrogens with one attached hydrogen (secondary N) is 2. The monoisotopic (exact) mass is 365 g/mol. The molecule has 1 aliphatic rings. The van der Waals surface area contributed by atoms with Crippen LogP contribution in [0.3, 0.4) is 0 Å². The summed E-state index contributed by atoms with van der Waals surface area (Å²) in [5.74, 6) is -0.0434. The van der Waals surface area contributed by atoms with Crippen LogP contribution >= 0.6 is 11.8 Å². The van der Waals surface area contributed by atoms with E-state index in [2.05, 4.69) is 25.7 Å². The number of amides is 1. The minimum absolute atomic E-state index is 0.0434. The maximum Gasteiger partial charge on any atom is 0.299 e. The molecule has 1 atom stereocenters. The summed E-state index contributed by atoms with van der Waals surface area (Å²) in [4.78, 5) is 14.3. The second kappa shape index (κ2) is 6.64. The minimum Gasteiger partial charge on any atom is -0.493 e. The van der Waals surface area contributed by atoms with Crippen LogP contribution in [-0.4, -0.2) is 26.3 Å². The summed E-state index contributed by atoms with van der Waals surface area (Å²) < 4.78 is 0. The Kier molecular flexibility index (Phi) is 4.18. The number of hydrogen-bond donors (Lipinski definition) is 3. The van der Waals surface area contributed by atoms with Crippen LogP contribution in [0.2, 0.25) is 0 Å². The van der Waals surface area contributed by atoms with Crippen LogP contribution in [0.15, 0.2) is 63.9 Å². The van der Waals surface area contributed by atoms with Gasteiger partial charge in [-0.25, -0.2) is 5.43 Å². The van der Waals surface area contributed by atoms with Crippen LogP contribution in [0.5, 0.6) is 5.88 Å². The number of azo groups is 1. The third-order valence-corrected chi connectivity index (χ3v) is 4.89. The number of aromatic amines is 1. The van der Waals surface area contributed by atoms with E-state index in [1.807, 2.05) is 55.5 Å². The van der Waals surface area contributed by atoms with Crippen molar-refractivity contribution >= 4 is 45.0 Å². The fourth-order valence-electron chi connectivity index (χ4n) is 2.77. The van der Waals surface area contributed by atoms with Crippen LogP contribution in [0.4, 0.5) is 16.2 Å². The summed E-state index contributed by atoms with van der Waals surface area (Å²) in [5.41, 5.74) is 5.92. The molecule has 1 amide bonds. The summed E-state index contributed by atoms with van der Waals surface area (Å²) in [5, 5.41) is 23.3. The van der Waals surface area contributed by atoms with E-state index in [0.717, 1.165) is 22.2 Å². The van der Waals surface area contributed by atoms with E-state index in [4.69, 9.17) is 0 Å². The van der Waals surface area contributed by atoms with Crippen molar-refractivity contribution in [1.29, 1.82) is 0 Å². The third-order valence-electron chi connectivity index (χ3n) is 4.01. The highest BCUT2D eigenvalue weighted by atomic mass is 32.2. The standard InChI is InChI=1S/C18H15N5O2S/c1-10-15(21-23-18(25)26-10)11-7-8-14-13(9-11)16(17(24)19-14)22-20-12-5-3-2-4-6-12/h2-10,19,24H,1H3,(H,23,25). The lowest BCUT2D eigenvalue weighted by Crippen LogP contribution is -2.29. The Bertz CT molecular complexity index is 1040. The molecule has 0 radical (unpaired) electrons. The van der Waals surface area contributed by atoms with Crippen LogP contribution < -0.4 is 5.43 Å². The Morgan fingerprint density at radius 3 is 2.73 bits per heavy atom. The lowest BCUT2D eigenvalue weighted by atomic mass is 10.1. The second-order valence-electron chi connectivity index (χ2n) is 5.77. The summed E-state index contributed by atoms with van der Waals surface area (Å²) in [6.07, 6.45) is 0. The molecule has 2 heterocycles. The zero-order chi connectivity index (χ0) is 18.1. The van der Waals surface area contributed by atoms with Crippen molar-refractivity contribution in [3.8, 4) is 5.88 Å². The lowest BCUT2D eigenvalue weighted by molar-refractivity contribution is 0.261. The van der Waals surface area contributed by atoms with E-state index >= 15 is 0 Å². The van der Waals surface area contributed by atoms with E-state index in [9.17, 15) is 9.90 Å². The normalized spacial score (nSPS) is 17.5. The molecular weight excluding hydrogens is 350 g/mol. The molecule has 3 N–H and O–H groups in total. The molecule has 4 rings (SSSR count). The van der Waals surface area contributed by atoms with Gasteiger partial charge in [-0.1, -0.05) is 36.0 Å². The van der Waals surface area contributed by atoms with Crippen molar-refractivity contribution < 1.29 is 9.90 Å². The smallest absolute Gasteiger partial charge is 0.299 e. The van der Waals surface area contributed by atoms with Crippen molar-refractivity contribution in [3.05, 3.63) is 54.1 Å². The van der Waals surface area contributed by atoms with Gasteiger partial charge >= 0.3 is 0 Å². The first-order valence-electron chi connectivity index (χ1n) is 7.98. The first kappa shape index (κ1) is 16.3. The SMILES string of the molecule is CC1SC(=O)NN=C1c1ccc2[nH]c(O)c(N=Nc3ccccc3)c2c1. The van der Waals surface area contributed by atoms with Gasteiger partial charge in [-0.05, 0) is 36.8 Å². The molecule has 0 fully saturated rings. The quantitative estimate of drug-likeness (QED) is 0.579. The molecule has 1 aliphatic heterocycles. The molecule has 1 unspecified atom stereocenters. The Labute approximate surface area is 153 Å². The van der Waals surface area contributed by atoms with Crippen molar-refractivity contribution in [2.24, 2.45) is 15.3 Å². The molecule has 0 bridgehead atoms. The van der Waals surface area contributed by atoms with E-state index < -0.39 is 0 Å². The van der Waals surface area contributed by atoms with E-state index in [1.165, 1.54) is 11.8 Å². The number of carbonyl (C=O) groups excluding carboxylic acids is 1. The van der Waals surface area contributed by atoms with Gasteiger partial charge < -0.3 is 10.1 Å². The Morgan fingerprint density at radius 1 is 1.15 bits per heavy atom. The van der Waals surface area contributed by atoms with E-state index in [1.54, 1.807) is 0 Å². The molecule has 2 aromatic carbocycles. The number of carbonyl (C=O) groups is 1. The zero-order valence-corrected chi connectivity index (χ0v) is 14.6. The minimum atomic E-state index is -0.168. The molecule has 0 saturated carbocycles. The summed E-state index contributed by atoms with van der Waals surface area (Å²) in [6, 6.07) is 14.9. The number of nitrogens with zero attached hydrogens (tertiary/aromatic N) is 3. The van der Waals surface area contributed by atoms with Gasteiger partial charge in [0.2, 0.25) is 5.88 Å². The first-order chi connectivity index (χ1) is 12.6. The molecule has 8 heteroatoms. The molecule has 0 spiro atoms. The topological polar surface area (TPSA) is 102 Å². The molecule has 26 heavy (non-hydrogen) atoms. The van der Waals surface area contributed by atoms with Crippen molar-refractivity contribution in [2.75, 3.05) is 0 Å². The van der Waals surface area contributed by atoms with Gasteiger partial charge in [0.25, 0.3) is 5.24 Å². The van der Waals surface area contributed by atoms with Crippen LogP contribution in [-0.2, 0) is 0 Å². The summed E-state index contributed by atoms with van der Waals surface area (Å²) in [7, 11) is 0. The van der Waals surface area contributed by atoms with Crippen molar-refractivity contribution in [2.45, 2.75) is 12.2 Å². The van der Waals surface area contributed by atoms with E-state index in [-0.39, 0.29) is 16.4 Å². The number of hydrogen-bond acceptors (Lipinski definition) is 6. The molecule has 7 nitrogen and oxygen atoms in total. The van der Waals surface area contributed by atoms with Crippen LogP contribution in [0.1, 0.15) is 12.5 Å². The predicted molar refractivity (Wildman–Crippen MR) is 103 cm³/mol. The number of rotatable bonds is 3. The fourth-order valence-corrected chi connectivity index (χ4v) is 3.49. The number of thioether (sulfide) groups is 1. The first-order valence-corrected chi connectivity index (χ1v) is 8.86. The Hall–Kier alpha value is -3.13. The Morgan fingerprint density at radius 2 is 1.96 bits per heavy atom. The predicted octanol–water partition coefficient (Wildman–Crippen LogP) is 4.84. The molecule has 0 aliphatic carbocycles. The average molecular weight is 365 g/mol. The highest BCUT2D eigenvalue weighted by Crippen LogP contribution is 2.37. The molecule has 1 aromatic heterocycles. The Balaban J connectivity index is 1.76. The van der Waals surface area contributed by atoms with Gasteiger partial charge in [-0.15, -0.1) is 5.11 Å². The van der Waals surface area contributed by atoms with Crippen molar-refractivity contribution in [1.82, 2.24) is 10.4 Å². The highest BCUT2D eigenvalue weighted by molar-refractivity contribution is 8.14. The number of hydrazone groups is 1. The number of aromatic hydroxyl groups is 1. The summed E-state index contributed by atoms with van der Waals surface area (Å²) >= 11 is 1.19. The maximum atomic E-state index is 11.4.